The van der Waals surface area contributed by atoms with Gasteiger partial charge in [0.05, 0.1) is 27.9 Å². The van der Waals surface area contributed by atoms with Gasteiger partial charge in [0.15, 0.2) is 5.58 Å². The SMILES string of the molecule is O=C(N/N=C/c1coc2c(Cl)cc(Cl)cc2c1=O)c1cc(-c2ccccc2)n[nH]1. The second-order valence-electron chi connectivity index (χ2n) is 6.02. The highest BCUT2D eigenvalue weighted by Gasteiger charge is 2.12. The van der Waals surface area contributed by atoms with E-state index >= 15 is 0 Å². The summed E-state index contributed by atoms with van der Waals surface area (Å²) in [5.74, 6) is -0.507. The molecule has 7 nitrogen and oxygen atoms in total. The van der Waals surface area contributed by atoms with Gasteiger partial charge in [0.1, 0.15) is 12.0 Å². The lowest BCUT2D eigenvalue weighted by molar-refractivity contribution is 0.0950. The molecule has 9 heteroatoms. The van der Waals surface area contributed by atoms with Gasteiger partial charge in [0.25, 0.3) is 5.91 Å². The first-order valence-corrected chi connectivity index (χ1v) is 9.13. The molecule has 0 saturated carbocycles. The summed E-state index contributed by atoms with van der Waals surface area (Å²) in [7, 11) is 0. The second kappa shape index (κ2) is 7.90. The third-order valence-corrected chi connectivity index (χ3v) is 4.58. The van der Waals surface area contributed by atoms with E-state index in [4.69, 9.17) is 27.6 Å². The maximum absolute atomic E-state index is 12.5. The van der Waals surface area contributed by atoms with E-state index in [1.54, 1.807) is 6.07 Å². The fourth-order valence-electron chi connectivity index (χ4n) is 2.68. The van der Waals surface area contributed by atoms with Crippen molar-refractivity contribution in [2.24, 2.45) is 5.10 Å². The number of nitrogens with one attached hydrogen (secondary N) is 2. The molecule has 0 unspecified atom stereocenters. The summed E-state index contributed by atoms with van der Waals surface area (Å²) in [5.41, 5.74) is 4.05. The summed E-state index contributed by atoms with van der Waals surface area (Å²) in [4.78, 5) is 24.8. The van der Waals surface area contributed by atoms with Crippen LogP contribution in [-0.4, -0.2) is 22.3 Å². The van der Waals surface area contributed by atoms with Gasteiger partial charge in [-0.25, -0.2) is 5.43 Å². The molecule has 0 radical (unpaired) electrons. The van der Waals surface area contributed by atoms with E-state index in [0.29, 0.717) is 10.7 Å². The number of benzene rings is 2. The highest BCUT2D eigenvalue weighted by molar-refractivity contribution is 6.38. The molecule has 0 spiro atoms. The quantitative estimate of drug-likeness (QED) is 0.376. The maximum Gasteiger partial charge on any atom is 0.289 e. The molecule has 0 fully saturated rings. The second-order valence-corrected chi connectivity index (χ2v) is 6.86. The van der Waals surface area contributed by atoms with Crippen molar-refractivity contribution in [3.63, 3.8) is 0 Å². The van der Waals surface area contributed by atoms with Crippen molar-refractivity contribution < 1.29 is 9.21 Å². The number of rotatable bonds is 4. The van der Waals surface area contributed by atoms with Crippen molar-refractivity contribution in [2.75, 3.05) is 0 Å². The van der Waals surface area contributed by atoms with E-state index in [1.165, 1.54) is 24.6 Å². The fourth-order valence-corrected chi connectivity index (χ4v) is 3.22. The molecule has 0 aliphatic rings. The molecule has 0 saturated heterocycles. The van der Waals surface area contributed by atoms with Gasteiger partial charge in [0, 0.05) is 10.6 Å². The number of H-pyrrole nitrogens is 1. The molecule has 144 valence electrons. The number of hydrazone groups is 1. The fraction of sp³-hybridized carbons (Fsp3) is 0. The van der Waals surface area contributed by atoms with Crippen LogP contribution in [0.15, 0.2) is 69.1 Å². The monoisotopic (exact) mass is 426 g/mol. The first kappa shape index (κ1) is 18.9. The Kier molecular flexibility index (Phi) is 5.16. The van der Waals surface area contributed by atoms with E-state index in [2.05, 4.69) is 20.7 Å². The van der Waals surface area contributed by atoms with Crippen molar-refractivity contribution in [1.82, 2.24) is 15.6 Å². The normalized spacial score (nSPS) is 11.2. The van der Waals surface area contributed by atoms with Gasteiger partial charge in [-0.2, -0.15) is 10.2 Å². The van der Waals surface area contributed by atoms with Crippen molar-refractivity contribution >= 4 is 46.3 Å². The largest absolute Gasteiger partial charge is 0.462 e. The zero-order chi connectivity index (χ0) is 20.4. The molecule has 2 heterocycles. The summed E-state index contributed by atoms with van der Waals surface area (Å²) in [5, 5.41) is 11.3. The Morgan fingerprint density at radius 3 is 2.76 bits per heavy atom. The van der Waals surface area contributed by atoms with Crippen LogP contribution in [0.25, 0.3) is 22.2 Å². The lowest BCUT2D eigenvalue weighted by Gasteiger charge is -2.01. The topological polar surface area (TPSA) is 100 Å². The highest BCUT2D eigenvalue weighted by atomic mass is 35.5. The van der Waals surface area contributed by atoms with Gasteiger partial charge in [0.2, 0.25) is 5.43 Å². The smallest absolute Gasteiger partial charge is 0.289 e. The van der Waals surface area contributed by atoms with Crippen molar-refractivity contribution in [1.29, 1.82) is 0 Å². The molecule has 0 atom stereocenters. The number of amides is 1. The van der Waals surface area contributed by atoms with Crippen LogP contribution in [0.3, 0.4) is 0 Å². The van der Waals surface area contributed by atoms with Gasteiger partial charge in [-0.05, 0) is 18.2 Å². The van der Waals surface area contributed by atoms with Crippen molar-refractivity contribution in [2.45, 2.75) is 0 Å². The van der Waals surface area contributed by atoms with Crippen LogP contribution in [-0.2, 0) is 0 Å². The Hall–Kier alpha value is -3.42. The van der Waals surface area contributed by atoms with Crippen LogP contribution in [0.1, 0.15) is 16.1 Å². The predicted octanol–water partition coefficient (Wildman–Crippen LogP) is 4.25. The summed E-state index contributed by atoms with van der Waals surface area (Å²) in [6.45, 7) is 0. The van der Waals surface area contributed by atoms with E-state index in [0.717, 1.165) is 5.56 Å². The van der Waals surface area contributed by atoms with E-state index in [9.17, 15) is 9.59 Å². The Morgan fingerprint density at radius 2 is 1.97 bits per heavy atom. The van der Waals surface area contributed by atoms with Crippen molar-refractivity contribution in [3.8, 4) is 11.3 Å². The lowest BCUT2D eigenvalue weighted by Crippen LogP contribution is -2.19. The van der Waals surface area contributed by atoms with Crippen LogP contribution < -0.4 is 10.9 Å². The lowest BCUT2D eigenvalue weighted by atomic mass is 10.1. The Bertz CT molecular complexity index is 1300. The molecule has 29 heavy (non-hydrogen) atoms. The first-order chi connectivity index (χ1) is 14.0. The van der Waals surface area contributed by atoms with Gasteiger partial charge in [-0.3, -0.25) is 14.7 Å². The minimum Gasteiger partial charge on any atom is -0.462 e. The van der Waals surface area contributed by atoms with E-state index in [1.807, 2.05) is 30.3 Å². The third kappa shape index (κ3) is 3.91. The third-order valence-electron chi connectivity index (χ3n) is 4.08. The van der Waals surface area contributed by atoms with Gasteiger partial charge in [-0.1, -0.05) is 53.5 Å². The zero-order valence-electron chi connectivity index (χ0n) is 14.6. The molecule has 0 bridgehead atoms. The van der Waals surface area contributed by atoms with Gasteiger partial charge < -0.3 is 4.42 Å². The number of fused-ring (bicyclic) bond motifs is 1. The standard InChI is InChI=1S/C20H12Cl2N4O3/c21-13-6-14-18(27)12(10-29-19(14)15(22)7-13)9-23-26-20(28)17-8-16(24-25-17)11-4-2-1-3-5-11/h1-10H,(H,24,25)(H,26,28)/b23-9+. The Balaban J connectivity index is 1.52. The summed E-state index contributed by atoms with van der Waals surface area (Å²) in [6, 6.07) is 14.0. The van der Waals surface area contributed by atoms with Crippen LogP contribution in [0.4, 0.5) is 0 Å². The Morgan fingerprint density at radius 1 is 1.17 bits per heavy atom. The average Bonchev–Trinajstić information content (AvgIpc) is 3.21. The molecular formula is C20H12Cl2N4O3. The number of hydrogen-bond donors (Lipinski definition) is 2. The van der Waals surface area contributed by atoms with Gasteiger partial charge in [-0.15, -0.1) is 0 Å². The number of aromatic amines is 1. The van der Waals surface area contributed by atoms with Crippen LogP contribution in [0, 0.1) is 0 Å². The zero-order valence-corrected chi connectivity index (χ0v) is 16.2. The van der Waals surface area contributed by atoms with Crippen molar-refractivity contribution in [3.05, 3.63) is 86.3 Å². The highest BCUT2D eigenvalue weighted by Crippen LogP contribution is 2.26. The number of nitrogens with zero attached hydrogens (tertiary/aromatic N) is 2. The number of hydrogen-bond acceptors (Lipinski definition) is 5. The van der Waals surface area contributed by atoms with Crippen LogP contribution in [0.2, 0.25) is 10.0 Å². The first-order valence-electron chi connectivity index (χ1n) is 8.38. The maximum atomic E-state index is 12.5. The number of carbonyl (C=O) groups excluding carboxylic acids is 1. The van der Waals surface area contributed by atoms with Crippen LogP contribution in [0.5, 0.6) is 0 Å². The molecule has 4 rings (SSSR count). The predicted molar refractivity (Wildman–Crippen MR) is 112 cm³/mol. The number of halogens is 2. The Labute approximate surface area is 174 Å². The number of carbonyl (C=O) groups is 1. The molecule has 1 amide bonds. The average molecular weight is 427 g/mol. The molecule has 0 aliphatic carbocycles. The van der Waals surface area contributed by atoms with E-state index < -0.39 is 5.91 Å². The molecular weight excluding hydrogens is 415 g/mol. The van der Waals surface area contributed by atoms with Crippen LogP contribution >= 0.6 is 23.2 Å². The van der Waals surface area contributed by atoms with Gasteiger partial charge >= 0.3 is 0 Å². The molecule has 2 aromatic heterocycles. The number of aromatic nitrogens is 2. The van der Waals surface area contributed by atoms with E-state index in [-0.39, 0.29) is 32.7 Å². The molecule has 4 aromatic rings. The molecule has 0 aliphatic heterocycles. The minimum absolute atomic E-state index is 0.130. The molecule has 2 N–H and O–H groups in total. The molecule has 2 aromatic carbocycles. The minimum atomic E-state index is -0.507. The summed E-state index contributed by atoms with van der Waals surface area (Å²) < 4.78 is 5.39. The summed E-state index contributed by atoms with van der Waals surface area (Å²) in [6.07, 6.45) is 2.40. The summed E-state index contributed by atoms with van der Waals surface area (Å²) >= 11 is 12.0.